The van der Waals surface area contributed by atoms with Gasteiger partial charge in [-0.05, 0) is 49.5 Å². The van der Waals surface area contributed by atoms with Crippen LogP contribution in [0.1, 0.15) is 18.4 Å². The average Bonchev–Trinajstić information content (AvgIpc) is 2.62. The molecule has 5 heteroatoms. The smallest absolute Gasteiger partial charge is 0.230 e. The molecule has 0 aliphatic carbocycles. The van der Waals surface area contributed by atoms with Gasteiger partial charge in [0, 0.05) is 18.8 Å². The number of thioether (sulfide) groups is 1. The van der Waals surface area contributed by atoms with Gasteiger partial charge >= 0.3 is 0 Å². The number of carbonyl (C=O) groups is 1. The number of ether oxygens (including phenoxy) is 1. The lowest BCUT2D eigenvalue weighted by Gasteiger charge is -2.32. The number of rotatable bonds is 9. The van der Waals surface area contributed by atoms with Gasteiger partial charge in [0.2, 0.25) is 5.91 Å². The standard InChI is InChI=1S/C19H28N2O2S/c1-3-12-24-15-19(22)20-13-16-8-10-21(11-9-16)14-17-4-6-18(23-2)7-5-17/h3-7,16H,1,8-15H2,2H3,(H,20,22). The summed E-state index contributed by atoms with van der Waals surface area (Å²) < 4.78 is 5.20. The zero-order valence-corrected chi connectivity index (χ0v) is 15.3. The second-order valence-electron chi connectivity index (χ2n) is 6.18. The Morgan fingerprint density at radius 3 is 2.71 bits per heavy atom. The molecule has 1 aliphatic heterocycles. The number of benzene rings is 1. The van der Waals surface area contributed by atoms with Crippen molar-refractivity contribution in [3.05, 3.63) is 42.5 Å². The Morgan fingerprint density at radius 2 is 2.08 bits per heavy atom. The van der Waals surface area contributed by atoms with Crippen molar-refractivity contribution in [1.82, 2.24) is 10.2 Å². The lowest BCUT2D eigenvalue weighted by molar-refractivity contribution is -0.118. The van der Waals surface area contributed by atoms with E-state index in [1.54, 1.807) is 18.9 Å². The van der Waals surface area contributed by atoms with E-state index >= 15 is 0 Å². The van der Waals surface area contributed by atoms with Crippen LogP contribution in [0.4, 0.5) is 0 Å². The molecule has 132 valence electrons. The molecule has 0 spiro atoms. The monoisotopic (exact) mass is 348 g/mol. The maximum atomic E-state index is 11.7. The third-order valence-corrected chi connectivity index (χ3v) is 5.27. The van der Waals surface area contributed by atoms with Gasteiger partial charge in [0.05, 0.1) is 12.9 Å². The summed E-state index contributed by atoms with van der Waals surface area (Å²) in [7, 11) is 1.69. The minimum absolute atomic E-state index is 0.141. The Morgan fingerprint density at radius 1 is 1.38 bits per heavy atom. The molecule has 1 heterocycles. The number of nitrogens with one attached hydrogen (secondary N) is 1. The average molecular weight is 349 g/mol. The molecule has 0 bridgehead atoms. The predicted molar refractivity (Wildman–Crippen MR) is 102 cm³/mol. The Kier molecular flexibility index (Phi) is 8.19. The lowest BCUT2D eigenvalue weighted by Crippen LogP contribution is -2.38. The number of amides is 1. The Hall–Kier alpha value is -1.46. The van der Waals surface area contributed by atoms with Gasteiger partial charge in [-0.15, -0.1) is 18.3 Å². The van der Waals surface area contributed by atoms with Crippen molar-refractivity contribution in [2.75, 3.05) is 38.2 Å². The van der Waals surface area contributed by atoms with Gasteiger partial charge < -0.3 is 10.1 Å². The van der Waals surface area contributed by atoms with E-state index in [2.05, 4.69) is 28.9 Å². The Balaban J connectivity index is 1.63. The molecule has 1 N–H and O–H groups in total. The summed E-state index contributed by atoms with van der Waals surface area (Å²) in [6.07, 6.45) is 4.13. The molecule has 2 rings (SSSR count). The van der Waals surface area contributed by atoms with Crippen LogP contribution in [0.25, 0.3) is 0 Å². The van der Waals surface area contributed by atoms with Crippen LogP contribution in [-0.4, -0.2) is 49.1 Å². The van der Waals surface area contributed by atoms with E-state index in [1.807, 2.05) is 18.2 Å². The summed E-state index contributed by atoms with van der Waals surface area (Å²) >= 11 is 1.60. The minimum Gasteiger partial charge on any atom is -0.497 e. The van der Waals surface area contributed by atoms with E-state index in [1.165, 1.54) is 5.56 Å². The molecule has 0 atom stereocenters. The largest absolute Gasteiger partial charge is 0.497 e. The zero-order valence-electron chi connectivity index (χ0n) is 14.5. The zero-order chi connectivity index (χ0) is 17.2. The Bertz CT molecular complexity index is 511. The first-order valence-electron chi connectivity index (χ1n) is 8.52. The molecule has 1 fully saturated rings. The highest BCUT2D eigenvalue weighted by Crippen LogP contribution is 2.19. The number of nitrogens with zero attached hydrogens (tertiary/aromatic N) is 1. The van der Waals surface area contributed by atoms with E-state index in [0.717, 1.165) is 50.5 Å². The first-order chi connectivity index (χ1) is 11.7. The number of piperidine rings is 1. The van der Waals surface area contributed by atoms with Gasteiger partial charge in [-0.2, -0.15) is 0 Å². The van der Waals surface area contributed by atoms with Crippen molar-refractivity contribution < 1.29 is 9.53 Å². The van der Waals surface area contributed by atoms with Gasteiger partial charge in [0.15, 0.2) is 0 Å². The molecule has 1 aliphatic rings. The molecule has 1 aromatic rings. The highest BCUT2D eigenvalue weighted by molar-refractivity contribution is 8.00. The summed E-state index contributed by atoms with van der Waals surface area (Å²) in [5, 5.41) is 3.06. The molecule has 0 saturated carbocycles. The molecule has 0 radical (unpaired) electrons. The van der Waals surface area contributed by atoms with Crippen LogP contribution in [0.5, 0.6) is 5.75 Å². The second kappa shape index (κ2) is 10.4. The summed E-state index contributed by atoms with van der Waals surface area (Å²) in [5.74, 6) is 3.01. The van der Waals surface area contributed by atoms with Crippen LogP contribution in [0, 0.1) is 5.92 Å². The summed E-state index contributed by atoms with van der Waals surface area (Å²) in [4.78, 5) is 14.2. The van der Waals surface area contributed by atoms with Crippen molar-refractivity contribution in [2.24, 2.45) is 5.92 Å². The van der Waals surface area contributed by atoms with Crippen LogP contribution >= 0.6 is 11.8 Å². The van der Waals surface area contributed by atoms with Crippen LogP contribution < -0.4 is 10.1 Å². The number of hydrogen-bond acceptors (Lipinski definition) is 4. The van der Waals surface area contributed by atoms with Gasteiger partial charge in [0.1, 0.15) is 5.75 Å². The first-order valence-corrected chi connectivity index (χ1v) is 9.67. The second-order valence-corrected chi connectivity index (χ2v) is 7.21. The summed E-state index contributed by atoms with van der Waals surface area (Å²) in [6, 6.07) is 8.29. The number of hydrogen-bond donors (Lipinski definition) is 1. The molecular weight excluding hydrogens is 320 g/mol. The maximum absolute atomic E-state index is 11.7. The van der Waals surface area contributed by atoms with Gasteiger partial charge in [-0.25, -0.2) is 0 Å². The number of carbonyl (C=O) groups excluding carboxylic acids is 1. The van der Waals surface area contributed by atoms with Gasteiger partial charge in [0.25, 0.3) is 0 Å². The van der Waals surface area contributed by atoms with E-state index in [0.29, 0.717) is 11.7 Å². The van der Waals surface area contributed by atoms with Crippen LogP contribution in [-0.2, 0) is 11.3 Å². The van der Waals surface area contributed by atoms with Gasteiger partial charge in [-0.3, -0.25) is 9.69 Å². The lowest BCUT2D eigenvalue weighted by atomic mass is 9.96. The quantitative estimate of drug-likeness (QED) is 0.550. The number of methoxy groups -OCH3 is 1. The SMILES string of the molecule is C=CCSCC(=O)NCC1CCN(Cc2ccc(OC)cc2)CC1. The highest BCUT2D eigenvalue weighted by atomic mass is 32.2. The van der Waals surface area contributed by atoms with Gasteiger partial charge in [-0.1, -0.05) is 18.2 Å². The summed E-state index contributed by atoms with van der Waals surface area (Å²) in [6.45, 7) is 7.65. The highest BCUT2D eigenvalue weighted by Gasteiger charge is 2.19. The van der Waals surface area contributed by atoms with Crippen LogP contribution in [0.15, 0.2) is 36.9 Å². The van der Waals surface area contributed by atoms with E-state index in [9.17, 15) is 4.79 Å². The van der Waals surface area contributed by atoms with Crippen molar-refractivity contribution in [2.45, 2.75) is 19.4 Å². The normalized spacial score (nSPS) is 15.9. The van der Waals surface area contributed by atoms with E-state index < -0.39 is 0 Å². The van der Waals surface area contributed by atoms with Crippen LogP contribution in [0.3, 0.4) is 0 Å². The Labute approximate surface area is 149 Å². The van der Waals surface area contributed by atoms with Crippen molar-refractivity contribution in [3.8, 4) is 5.75 Å². The van der Waals surface area contributed by atoms with Crippen molar-refractivity contribution in [1.29, 1.82) is 0 Å². The van der Waals surface area contributed by atoms with E-state index in [4.69, 9.17) is 4.74 Å². The fourth-order valence-electron chi connectivity index (χ4n) is 2.88. The summed E-state index contributed by atoms with van der Waals surface area (Å²) in [5.41, 5.74) is 1.32. The first kappa shape index (κ1) is 18.9. The molecular formula is C19H28N2O2S. The molecule has 4 nitrogen and oxygen atoms in total. The third-order valence-electron chi connectivity index (χ3n) is 4.33. The third kappa shape index (κ3) is 6.57. The van der Waals surface area contributed by atoms with Crippen LogP contribution in [0.2, 0.25) is 0 Å². The number of likely N-dealkylation sites (tertiary alicyclic amines) is 1. The molecule has 1 saturated heterocycles. The maximum Gasteiger partial charge on any atom is 0.230 e. The topological polar surface area (TPSA) is 41.6 Å². The fraction of sp³-hybridized carbons (Fsp3) is 0.526. The molecule has 1 amide bonds. The van der Waals surface area contributed by atoms with Crippen molar-refractivity contribution >= 4 is 17.7 Å². The van der Waals surface area contributed by atoms with E-state index in [-0.39, 0.29) is 5.91 Å². The molecule has 0 aromatic heterocycles. The fourth-order valence-corrected chi connectivity index (χ4v) is 3.45. The predicted octanol–water partition coefficient (Wildman–Crippen LogP) is 2.94. The minimum atomic E-state index is 0.141. The molecule has 0 unspecified atom stereocenters. The van der Waals surface area contributed by atoms with Crippen molar-refractivity contribution in [3.63, 3.8) is 0 Å². The molecule has 1 aromatic carbocycles. The molecule has 24 heavy (non-hydrogen) atoms.